The van der Waals surface area contributed by atoms with Crippen LogP contribution in [0.5, 0.6) is 11.8 Å². The molecule has 0 spiro atoms. The van der Waals surface area contributed by atoms with Crippen LogP contribution in [-0.2, 0) is 14.9 Å². The van der Waals surface area contributed by atoms with Gasteiger partial charge in [-0.1, -0.05) is 10.8 Å². The summed E-state index contributed by atoms with van der Waals surface area (Å²) in [6.45, 7) is 0. The van der Waals surface area contributed by atoms with Gasteiger partial charge in [-0.2, -0.15) is 8.42 Å². The lowest BCUT2D eigenvalue weighted by Crippen LogP contribution is -2.19. The van der Waals surface area contributed by atoms with Crippen molar-refractivity contribution in [2.24, 2.45) is 0 Å². The van der Waals surface area contributed by atoms with E-state index < -0.39 is 37.7 Å². The molecule has 0 aliphatic rings. The largest absolute Gasteiger partial charge is 0.492 e. The topological polar surface area (TPSA) is 182 Å². The number of nitro groups is 1. The molecule has 0 aliphatic carbocycles. The number of aromatic hydroxyl groups is 2. The zero-order chi connectivity index (χ0) is 20.9. The third-order valence-corrected chi connectivity index (χ3v) is 6.24. The van der Waals surface area contributed by atoms with Crippen molar-refractivity contribution in [2.45, 2.75) is 22.8 Å². The van der Waals surface area contributed by atoms with Gasteiger partial charge in [0.25, 0.3) is 21.7 Å². The maximum atomic E-state index is 11.7. The Morgan fingerprint density at radius 1 is 1.36 bits per heavy atom. The predicted molar refractivity (Wildman–Crippen MR) is 97.6 cm³/mol. The van der Waals surface area contributed by atoms with Gasteiger partial charge in [0, 0.05) is 24.3 Å². The Kier molecular flexibility index (Phi) is 7.11. The van der Waals surface area contributed by atoms with Crippen molar-refractivity contribution in [1.29, 1.82) is 0 Å². The number of hydrogen-bond acceptors (Lipinski definition) is 11. The number of nitrogens with zero attached hydrogens (tertiary/aromatic N) is 3. The Morgan fingerprint density at radius 3 is 2.61 bits per heavy atom. The molecule has 2 aromatic rings. The van der Waals surface area contributed by atoms with E-state index in [0.717, 1.165) is 6.20 Å². The van der Waals surface area contributed by atoms with E-state index in [0.29, 0.717) is 23.3 Å². The van der Waals surface area contributed by atoms with Crippen molar-refractivity contribution < 1.29 is 37.7 Å². The minimum atomic E-state index is -4.80. The predicted octanol–water partition coefficient (Wildman–Crippen LogP) is 1.63. The zero-order valence-electron chi connectivity index (χ0n) is 13.8. The van der Waals surface area contributed by atoms with E-state index in [9.17, 15) is 33.5 Å². The van der Waals surface area contributed by atoms with Crippen LogP contribution in [0, 0.1) is 10.1 Å². The van der Waals surface area contributed by atoms with E-state index in [-0.39, 0.29) is 16.8 Å². The summed E-state index contributed by atoms with van der Waals surface area (Å²) >= 11 is 0. The van der Waals surface area contributed by atoms with Crippen LogP contribution in [0.15, 0.2) is 34.3 Å². The van der Waals surface area contributed by atoms with E-state index in [2.05, 4.69) is 9.82 Å². The molecular weight excluding hydrogens is 438 g/mol. The second-order valence-electron chi connectivity index (χ2n) is 5.04. The molecule has 2 rings (SSSR count). The SMILES string of the molecule is O=C(CCCSSc1ccc([N+](=O)[O-])cn1)On1c(O)cc(S(=O)(=O)O)c1O. The number of hydrogen-bond donors (Lipinski definition) is 3. The summed E-state index contributed by atoms with van der Waals surface area (Å²) in [4.78, 5) is 29.3. The van der Waals surface area contributed by atoms with Crippen LogP contribution < -0.4 is 4.84 Å². The van der Waals surface area contributed by atoms with Gasteiger partial charge in [-0.05, 0) is 23.3 Å². The van der Waals surface area contributed by atoms with Crippen molar-refractivity contribution in [1.82, 2.24) is 9.71 Å². The summed E-state index contributed by atoms with van der Waals surface area (Å²) in [6, 6.07) is 3.35. The molecule has 0 unspecified atom stereocenters. The van der Waals surface area contributed by atoms with Gasteiger partial charge in [-0.3, -0.25) is 14.7 Å². The van der Waals surface area contributed by atoms with Crippen molar-refractivity contribution >= 4 is 43.4 Å². The van der Waals surface area contributed by atoms with Crippen LogP contribution in [0.3, 0.4) is 0 Å². The fraction of sp³-hybridized carbons (Fsp3) is 0.231. The lowest BCUT2D eigenvalue weighted by molar-refractivity contribution is -0.385. The first kappa shape index (κ1) is 21.8. The van der Waals surface area contributed by atoms with Crippen molar-refractivity contribution in [3.63, 3.8) is 0 Å². The van der Waals surface area contributed by atoms with Gasteiger partial charge in [0.15, 0.2) is 4.90 Å². The van der Waals surface area contributed by atoms with E-state index in [1.165, 1.54) is 33.7 Å². The highest BCUT2D eigenvalue weighted by Crippen LogP contribution is 2.31. The molecule has 2 aromatic heterocycles. The van der Waals surface area contributed by atoms with E-state index in [1.807, 2.05) is 0 Å². The first-order valence-electron chi connectivity index (χ1n) is 7.32. The fourth-order valence-corrected chi connectivity index (χ4v) is 4.30. The fourth-order valence-electron chi connectivity index (χ4n) is 1.78. The van der Waals surface area contributed by atoms with Gasteiger partial charge in [-0.25, -0.2) is 9.78 Å². The normalized spacial score (nSPS) is 11.3. The Bertz CT molecular complexity index is 973. The summed E-state index contributed by atoms with van der Waals surface area (Å²) < 4.78 is 31.1. The molecule has 28 heavy (non-hydrogen) atoms. The average Bonchev–Trinajstić information content (AvgIpc) is 2.90. The highest BCUT2D eigenvalue weighted by molar-refractivity contribution is 8.76. The molecule has 0 aliphatic heterocycles. The second kappa shape index (κ2) is 9.13. The highest BCUT2D eigenvalue weighted by Gasteiger charge is 2.25. The van der Waals surface area contributed by atoms with Gasteiger partial charge in [0.1, 0.15) is 11.2 Å². The monoisotopic (exact) mass is 451 g/mol. The molecule has 0 radical (unpaired) electrons. The molecule has 15 heteroatoms. The van der Waals surface area contributed by atoms with Crippen molar-refractivity contribution in [2.75, 3.05) is 5.75 Å². The third kappa shape index (κ3) is 5.75. The van der Waals surface area contributed by atoms with Gasteiger partial charge >= 0.3 is 5.97 Å². The lowest BCUT2D eigenvalue weighted by Gasteiger charge is -2.07. The van der Waals surface area contributed by atoms with Crippen LogP contribution in [0.2, 0.25) is 0 Å². The molecule has 0 saturated carbocycles. The van der Waals surface area contributed by atoms with Gasteiger partial charge < -0.3 is 15.1 Å². The quantitative estimate of drug-likeness (QED) is 0.165. The van der Waals surface area contributed by atoms with Crippen molar-refractivity contribution in [3.05, 3.63) is 34.5 Å². The Balaban J connectivity index is 1.78. The maximum Gasteiger partial charge on any atom is 0.333 e. The number of carbonyl (C=O) groups excluding carboxylic acids is 1. The van der Waals surface area contributed by atoms with Gasteiger partial charge in [0.2, 0.25) is 5.88 Å². The van der Waals surface area contributed by atoms with Crippen LogP contribution in [0.1, 0.15) is 12.8 Å². The summed E-state index contributed by atoms with van der Waals surface area (Å²) in [5.74, 6) is -2.39. The molecule has 3 N–H and O–H groups in total. The Morgan fingerprint density at radius 2 is 2.07 bits per heavy atom. The molecule has 0 fully saturated rings. The smallest absolute Gasteiger partial charge is 0.333 e. The molecule has 0 bridgehead atoms. The number of aromatic nitrogens is 2. The summed E-state index contributed by atoms with van der Waals surface area (Å²) in [5.41, 5.74) is -0.120. The number of pyridine rings is 1. The highest BCUT2D eigenvalue weighted by atomic mass is 33.1. The molecule has 12 nitrogen and oxygen atoms in total. The third-order valence-electron chi connectivity index (χ3n) is 3.04. The second-order valence-corrected chi connectivity index (χ2v) is 8.87. The Hall–Kier alpha value is -2.49. The van der Waals surface area contributed by atoms with Gasteiger partial charge in [0.05, 0.1) is 4.92 Å². The summed E-state index contributed by atoms with van der Waals surface area (Å²) in [6.07, 6.45) is 1.37. The molecule has 0 atom stereocenters. The maximum absolute atomic E-state index is 11.7. The van der Waals surface area contributed by atoms with Crippen LogP contribution in [0.25, 0.3) is 0 Å². The molecule has 0 amide bonds. The van der Waals surface area contributed by atoms with Crippen LogP contribution >= 0.6 is 21.6 Å². The van der Waals surface area contributed by atoms with E-state index in [1.54, 1.807) is 0 Å². The zero-order valence-corrected chi connectivity index (χ0v) is 16.2. The summed E-state index contributed by atoms with van der Waals surface area (Å²) in [5, 5.41) is 30.2. The first-order valence-corrected chi connectivity index (χ1v) is 11.1. The molecule has 152 valence electrons. The molecule has 0 aromatic carbocycles. The summed E-state index contributed by atoms with van der Waals surface area (Å²) in [7, 11) is -2.20. The van der Waals surface area contributed by atoms with Crippen LogP contribution in [0.4, 0.5) is 5.69 Å². The minimum Gasteiger partial charge on any atom is -0.492 e. The minimum absolute atomic E-state index is 0.112. The molecular formula is C13H13N3O9S3. The van der Waals surface area contributed by atoms with E-state index >= 15 is 0 Å². The number of carbonyl (C=O) groups is 1. The van der Waals surface area contributed by atoms with Crippen molar-refractivity contribution in [3.8, 4) is 11.8 Å². The Labute approximate surface area is 165 Å². The lowest BCUT2D eigenvalue weighted by atomic mass is 10.3. The average molecular weight is 451 g/mol. The molecule has 0 saturated heterocycles. The standard InChI is InChI=1S/C13H13N3O9S3/c17-11-6-9(28(22,23)24)13(19)15(11)25-12(18)2-1-5-26-27-10-4-3-8(7-14-10)16(20)21/h3-4,6-7,17,19H,1-2,5H2,(H,22,23,24). The molecule has 2 heterocycles. The van der Waals surface area contributed by atoms with Crippen LogP contribution in [-0.4, -0.2) is 49.5 Å². The van der Waals surface area contributed by atoms with Gasteiger partial charge in [-0.15, -0.1) is 4.73 Å². The number of rotatable bonds is 9. The first-order chi connectivity index (χ1) is 13.1. The van der Waals surface area contributed by atoms with E-state index in [4.69, 9.17) is 4.55 Å².